The number of carbonyl (C=O) groups excluding carboxylic acids is 1. The minimum absolute atomic E-state index is 0.0617. The van der Waals surface area contributed by atoms with E-state index in [0.717, 1.165) is 22.4 Å². The molecular formula is C11H13N3OS2. The van der Waals surface area contributed by atoms with Crippen molar-refractivity contribution in [1.29, 1.82) is 0 Å². The van der Waals surface area contributed by atoms with Gasteiger partial charge in [-0.2, -0.15) is 0 Å². The molecule has 2 aromatic rings. The van der Waals surface area contributed by atoms with Gasteiger partial charge in [0.25, 0.3) is 0 Å². The van der Waals surface area contributed by atoms with E-state index in [-0.39, 0.29) is 5.78 Å². The van der Waals surface area contributed by atoms with Gasteiger partial charge in [0.2, 0.25) is 0 Å². The monoisotopic (exact) mass is 267 g/mol. The van der Waals surface area contributed by atoms with Crippen LogP contribution in [0.5, 0.6) is 0 Å². The Morgan fingerprint density at radius 3 is 2.82 bits per heavy atom. The third-order valence-electron chi connectivity index (χ3n) is 2.23. The van der Waals surface area contributed by atoms with Gasteiger partial charge < -0.3 is 4.90 Å². The van der Waals surface area contributed by atoms with E-state index in [2.05, 4.69) is 9.97 Å². The summed E-state index contributed by atoms with van der Waals surface area (Å²) < 4.78 is 0. The third-order valence-corrected chi connectivity index (χ3v) is 4.27. The first-order valence-electron chi connectivity index (χ1n) is 5.15. The fourth-order valence-electron chi connectivity index (χ4n) is 1.40. The van der Waals surface area contributed by atoms with Crippen LogP contribution in [0.3, 0.4) is 0 Å². The number of nitrogens with zero attached hydrogens (tertiary/aromatic N) is 3. The molecule has 17 heavy (non-hydrogen) atoms. The third kappa shape index (κ3) is 2.89. The van der Waals surface area contributed by atoms with Gasteiger partial charge in [0.1, 0.15) is 0 Å². The van der Waals surface area contributed by atoms with E-state index >= 15 is 0 Å². The van der Waals surface area contributed by atoms with Crippen LogP contribution >= 0.6 is 22.7 Å². The number of thiazole rings is 2. The van der Waals surface area contributed by atoms with Crippen molar-refractivity contribution in [1.82, 2.24) is 9.97 Å². The molecule has 6 heteroatoms. The average molecular weight is 267 g/mol. The second-order valence-corrected chi connectivity index (χ2v) is 5.85. The molecule has 0 bridgehead atoms. The van der Waals surface area contributed by atoms with Crippen LogP contribution in [-0.4, -0.2) is 22.8 Å². The van der Waals surface area contributed by atoms with Crippen LogP contribution in [-0.2, 0) is 6.54 Å². The SMILES string of the molecule is CC(=O)c1cnc(N(C)Cc2csc(C)n2)s1. The molecule has 0 aliphatic heterocycles. The van der Waals surface area contributed by atoms with Crippen LogP contribution in [0.1, 0.15) is 27.3 Å². The van der Waals surface area contributed by atoms with Gasteiger partial charge in [-0.05, 0) is 6.92 Å². The molecule has 0 saturated heterocycles. The lowest BCUT2D eigenvalue weighted by Crippen LogP contribution is -2.16. The fourth-order valence-corrected chi connectivity index (χ4v) is 2.77. The number of aromatic nitrogens is 2. The minimum Gasteiger partial charge on any atom is -0.345 e. The minimum atomic E-state index is 0.0617. The number of carbonyl (C=O) groups is 1. The van der Waals surface area contributed by atoms with E-state index in [4.69, 9.17) is 0 Å². The topological polar surface area (TPSA) is 46.1 Å². The number of aryl methyl sites for hydroxylation is 1. The summed E-state index contributed by atoms with van der Waals surface area (Å²) in [4.78, 5) is 22.5. The van der Waals surface area contributed by atoms with E-state index in [1.807, 2.05) is 24.3 Å². The molecule has 0 N–H and O–H groups in total. The normalized spacial score (nSPS) is 10.5. The molecule has 0 fully saturated rings. The molecule has 0 spiro atoms. The lowest BCUT2D eigenvalue weighted by molar-refractivity contribution is 0.102. The largest absolute Gasteiger partial charge is 0.345 e. The van der Waals surface area contributed by atoms with E-state index in [1.165, 1.54) is 11.3 Å². The van der Waals surface area contributed by atoms with Gasteiger partial charge in [-0.1, -0.05) is 11.3 Å². The van der Waals surface area contributed by atoms with Crippen molar-refractivity contribution in [2.24, 2.45) is 0 Å². The number of rotatable bonds is 4. The van der Waals surface area contributed by atoms with Gasteiger partial charge in [0.05, 0.1) is 28.3 Å². The van der Waals surface area contributed by atoms with Crippen LogP contribution in [0, 0.1) is 6.92 Å². The Bertz CT molecular complexity index is 532. The second kappa shape index (κ2) is 4.93. The highest BCUT2D eigenvalue weighted by molar-refractivity contribution is 7.17. The lowest BCUT2D eigenvalue weighted by atomic mass is 10.4. The molecule has 0 radical (unpaired) electrons. The molecule has 0 amide bonds. The van der Waals surface area contributed by atoms with Gasteiger partial charge in [-0.15, -0.1) is 11.3 Å². The van der Waals surface area contributed by atoms with Crippen LogP contribution in [0.4, 0.5) is 5.13 Å². The first-order chi connectivity index (χ1) is 8.06. The molecule has 0 aliphatic rings. The fraction of sp³-hybridized carbons (Fsp3) is 0.364. The van der Waals surface area contributed by atoms with Gasteiger partial charge in [-0.25, -0.2) is 9.97 Å². The van der Waals surface area contributed by atoms with Crippen molar-refractivity contribution in [3.63, 3.8) is 0 Å². The van der Waals surface area contributed by atoms with Crippen LogP contribution < -0.4 is 4.90 Å². The summed E-state index contributed by atoms with van der Waals surface area (Å²) in [6.07, 6.45) is 1.63. The Kier molecular flexibility index (Phi) is 3.54. The van der Waals surface area contributed by atoms with Crippen molar-refractivity contribution in [3.8, 4) is 0 Å². The van der Waals surface area contributed by atoms with Gasteiger partial charge in [0, 0.05) is 19.4 Å². The number of anilines is 1. The van der Waals surface area contributed by atoms with Crippen molar-refractivity contribution < 1.29 is 4.79 Å². The van der Waals surface area contributed by atoms with Crippen LogP contribution in [0.25, 0.3) is 0 Å². The zero-order chi connectivity index (χ0) is 12.4. The zero-order valence-electron chi connectivity index (χ0n) is 9.93. The molecule has 2 aromatic heterocycles. The van der Waals surface area contributed by atoms with Crippen LogP contribution in [0.2, 0.25) is 0 Å². The number of Topliss-reactive ketones (excluding diaryl/α,β-unsaturated/α-hetero) is 1. The van der Waals surface area contributed by atoms with Crippen molar-refractivity contribution >= 4 is 33.6 Å². The molecule has 0 atom stereocenters. The molecular weight excluding hydrogens is 254 g/mol. The maximum absolute atomic E-state index is 11.2. The molecule has 2 rings (SSSR count). The van der Waals surface area contributed by atoms with Crippen molar-refractivity contribution in [3.05, 3.63) is 27.2 Å². The summed E-state index contributed by atoms with van der Waals surface area (Å²) in [6, 6.07) is 0. The van der Waals surface area contributed by atoms with E-state index < -0.39 is 0 Å². The lowest BCUT2D eigenvalue weighted by Gasteiger charge is -2.13. The number of hydrogen-bond donors (Lipinski definition) is 0. The first kappa shape index (κ1) is 12.2. The molecule has 2 heterocycles. The Morgan fingerprint density at radius 2 is 2.29 bits per heavy atom. The van der Waals surface area contributed by atoms with Crippen molar-refractivity contribution in [2.45, 2.75) is 20.4 Å². The average Bonchev–Trinajstić information content (AvgIpc) is 2.86. The Morgan fingerprint density at radius 1 is 1.53 bits per heavy atom. The highest BCUT2D eigenvalue weighted by Gasteiger charge is 2.11. The quantitative estimate of drug-likeness (QED) is 0.799. The highest BCUT2D eigenvalue weighted by atomic mass is 32.1. The summed E-state index contributed by atoms with van der Waals surface area (Å²) in [7, 11) is 1.96. The molecule has 0 aliphatic carbocycles. The molecule has 0 saturated carbocycles. The van der Waals surface area contributed by atoms with Crippen molar-refractivity contribution in [2.75, 3.05) is 11.9 Å². The van der Waals surface area contributed by atoms with E-state index in [0.29, 0.717) is 4.88 Å². The number of ketones is 1. The Balaban J connectivity index is 2.08. The summed E-state index contributed by atoms with van der Waals surface area (Å²) in [6.45, 7) is 4.27. The highest BCUT2D eigenvalue weighted by Crippen LogP contribution is 2.23. The summed E-state index contributed by atoms with van der Waals surface area (Å²) in [5.74, 6) is 0.0617. The van der Waals surface area contributed by atoms with E-state index in [9.17, 15) is 4.79 Å². The Hall–Kier alpha value is -1.27. The van der Waals surface area contributed by atoms with Crippen LogP contribution in [0.15, 0.2) is 11.6 Å². The molecule has 0 unspecified atom stereocenters. The predicted molar refractivity (Wildman–Crippen MR) is 71.1 cm³/mol. The van der Waals surface area contributed by atoms with E-state index in [1.54, 1.807) is 24.5 Å². The number of hydrogen-bond acceptors (Lipinski definition) is 6. The predicted octanol–water partition coefficient (Wildman–Crippen LogP) is 2.75. The zero-order valence-corrected chi connectivity index (χ0v) is 11.6. The summed E-state index contributed by atoms with van der Waals surface area (Å²) >= 11 is 3.06. The molecule has 0 aromatic carbocycles. The maximum atomic E-state index is 11.2. The second-order valence-electron chi connectivity index (χ2n) is 3.78. The Labute approximate surface area is 108 Å². The smallest absolute Gasteiger partial charge is 0.186 e. The van der Waals surface area contributed by atoms with Gasteiger partial charge in [-0.3, -0.25) is 4.79 Å². The molecule has 4 nitrogen and oxygen atoms in total. The standard InChI is InChI=1S/C11H13N3OS2/c1-7(15)10-4-12-11(17-10)14(3)5-9-6-16-8(2)13-9/h4,6H,5H2,1-3H3. The summed E-state index contributed by atoms with van der Waals surface area (Å²) in [5, 5.41) is 3.96. The summed E-state index contributed by atoms with van der Waals surface area (Å²) in [5.41, 5.74) is 1.04. The van der Waals surface area contributed by atoms with Gasteiger partial charge in [0.15, 0.2) is 10.9 Å². The first-order valence-corrected chi connectivity index (χ1v) is 6.85. The maximum Gasteiger partial charge on any atom is 0.186 e. The van der Waals surface area contributed by atoms with Gasteiger partial charge >= 0.3 is 0 Å². The molecule has 90 valence electrons.